The number of methoxy groups -OCH3 is 1. The third-order valence-corrected chi connectivity index (χ3v) is 10.5. The molecule has 0 N–H and O–H groups in total. The number of anilines is 1. The largest absolute Gasteiger partial charge is 0.469 e. The molecular formula is C25H30F2N2O4S2. The Morgan fingerprint density at radius 1 is 1.11 bits per heavy atom. The summed E-state index contributed by atoms with van der Waals surface area (Å²) >= 11 is 1.46. The van der Waals surface area contributed by atoms with Crippen molar-refractivity contribution < 1.29 is 26.7 Å². The van der Waals surface area contributed by atoms with Gasteiger partial charge in [-0.05, 0) is 30.5 Å². The number of thiazole rings is 1. The number of rotatable bonds is 5. The van der Waals surface area contributed by atoms with Crippen molar-refractivity contribution in [3.8, 4) is 10.4 Å². The molecular weight excluding hydrogens is 494 g/mol. The molecule has 1 saturated heterocycles. The molecule has 2 atom stereocenters. The molecule has 0 amide bonds. The van der Waals surface area contributed by atoms with Crippen molar-refractivity contribution in [3.63, 3.8) is 0 Å². The summed E-state index contributed by atoms with van der Waals surface area (Å²) in [5, 5.41) is 0.723. The fourth-order valence-electron chi connectivity index (χ4n) is 5.50. The van der Waals surface area contributed by atoms with Gasteiger partial charge in [0.15, 0.2) is 9.84 Å². The van der Waals surface area contributed by atoms with Gasteiger partial charge in [-0.1, -0.05) is 25.0 Å². The van der Waals surface area contributed by atoms with E-state index in [1.165, 1.54) is 18.4 Å². The van der Waals surface area contributed by atoms with Gasteiger partial charge >= 0.3 is 5.97 Å². The van der Waals surface area contributed by atoms with E-state index in [4.69, 9.17) is 9.72 Å². The minimum absolute atomic E-state index is 0.0937. The van der Waals surface area contributed by atoms with Crippen LogP contribution in [0.4, 0.5) is 14.5 Å². The SMILES string of the molecule is COC(=O)[C@@H]1CCCC[C@H]1c1nc(C2CC(F)(F)C2)sc1-c1ccc(N2CCS(=O)(=O)CC2)cc1. The number of nitrogens with zero attached hydrogens (tertiary/aromatic N) is 2. The maximum absolute atomic E-state index is 13.6. The van der Waals surface area contributed by atoms with Gasteiger partial charge in [0.1, 0.15) is 0 Å². The molecule has 3 aliphatic rings. The molecule has 2 heterocycles. The Balaban J connectivity index is 1.46. The molecule has 1 aliphatic heterocycles. The first-order chi connectivity index (χ1) is 16.7. The van der Waals surface area contributed by atoms with Gasteiger partial charge in [0.05, 0.1) is 40.1 Å². The molecule has 3 fully saturated rings. The van der Waals surface area contributed by atoms with Crippen LogP contribution in [0.3, 0.4) is 0 Å². The van der Waals surface area contributed by atoms with E-state index >= 15 is 0 Å². The molecule has 1 aromatic carbocycles. The molecule has 6 nitrogen and oxygen atoms in total. The Labute approximate surface area is 208 Å². The number of carbonyl (C=O) groups excluding carboxylic acids is 1. The minimum atomic E-state index is -2.96. The van der Waals surface area contributed by atoms with E-state index in [-0.39, 0.29) is 48.1 Å². The molecule has 190 valence electrons. The Hall–Kier alpha value is -2.07. The number of hydrogen-bond donors (Lipinski definition) is 0. The molecule has 1 aromatic heterocycles. The van der Waals surface area contributed by atoms with Crippen LogP contribution in [0.25, 0.3) is 10.4 Å². The van der Waals surface area contributed by atoms with Gasteiger partial charge in [0.25, 0.3) is 0 Å². The number of halogens is 2. The lowest BCUT2D eigenvalue weighted by Crippen LogP contribution is -2.40. The second kappa shape index (κ2) is 9.42. The number of aromatic nitrogens is 1. The normalized spacial score (nSPS) is 26.2. The van der Waals surface area contributed by atoms with E-state index in [9.17, 15) is 22.0 Å². The average Bonchev–Trinajstić information content (AvgIpc) is 3.27. The van der Waals surface area contributed by atoms with Crippen LogP contribution in [-0.2, 0) is 19.4 Å². The highest BCUT2D eigenvalue weighted by Crippen LogP contribution is 2.52. The predicted octanol–water partition coefficient (Wildman–Crippen LogP) is 5.00. The van der Waals surface area contributed by atoms with E-state index in [1.54, 1.807) is 0 Å². The molecule has 10 heteroatoms. The van der Waals surface area contributed by atoms with Crippen LogP contribution in [0, 0.1) is 5.92 Å². The maximum atomic E-state index is 13.6. The van der Waals surface area contributed by atoms with Crippen molar-refractivity contribution in [2.24, 2.45) is 5.92 Å². The molecule has 5 rings (SSSR count). The summed E-state index contributed by atoms with van der Waals surface area (Å²) in [6, 6.07) is 7.94. The highest BCUT2D eigenvalue weighted by atomic mass is 32.2. The molecule has 2 aromatic rings. The summed E-state index contributed by atoms with van der Waals surface area (Å²) in [5.41, 5.74) is 2.73. The number of alkyl halides is 2. The number of ether oxygens (including phenoxy) is 1. The summed E-state index contributed by atoms with van der Waals surface area (Å²) in [6.07, 6.45) is 3.14. The van der Waals surface area contributed by atoms with E-state index in [2.05, 4.69) is 4.90 Å². The van der Waals surface area contributed by atoms with E-state index in [0.29, 0.717) is 13.1 Å². The van der Waals surface area contributed by atoms with Crippen molar-refractivity contribution in [2.45, 2.75) is 56.3 Å². The third-order valence-electron chi connectivity index (χ3n) is 7.57. The molecule has 35 heavy (non-hydrogen) atoms. The van der Waals surface area contributed by atoms with E-state index in [1.807, 2.05) is 24.3 Å². The van der Waals surface area contributed by atoms with E-state index in [0.717, 1.165) is 52.5 Å². The Bertz CT molecular complexity index is 1170. The fourth-order valence-corrected chi connectivity index (χ4v) is 7.95. The van der Waals surface area contributed by atoms with Crippen LogP contribution in [0.5, 0.6) is 0 Å². The van der Waals surface area contributed by atoms with Gasteiger partial charge in [-0.15, -0.1) is 11.3 Å². The van der Waals surface area contributed by atoms with Crippen LogP contribution in [0.2, 0.25) is 0 Å². The predicted molar refractivity (Wildman–Crippen MR) is 132 cm³/mol. The summed E-state index contributed by atoms with van der Waals surface area (Å²) in [5.74, 6) is -3.18. The lowest BCUT2D eigenvalue weighted by atomic mass is 9.76. The number of sulfone groups is 1. The van der Waals surface area contributed by atoms with Crippen molar-refractivity contribution in [1.29, 1.82) is 0 Å². The average molecular weight is 525 g/mol. The Morgan fingerprint density at radius 2 is 1.77 bits per heavy atom. The molecule has 2 saturated carbocycles. The van der Waals surface area contributed by atoms with Crippen molar-refractivity contribution >= 4 is 32.8 Å². The number of hydrogen-bond acceptors (Lipinski definition) is 7. The smallest absolute Gasteiger partial charge is 0.309 e. The molecule has 0 radical (unpaired) electrons. The number of esters is 1. The van der Waals surface area contributed by atoms with Crippen molar-refractivity contribution in [3.05, 3.63) is 35.0 Å². The first-order valence-electron chi connectivity index (χ1n) is 12.2. The minimum Gasteiger partial charge on any atom is -0.469 e. The van der Waals surface area contributed by atoms with Crippen molar-refractivity contribution in [1.82, 2.24) is 4.98 Å². The van der Waals surface area contributed by atoms with Crippen LogP contribution in [0.1, 0.15) is 61.1 Å². The number of carbonyl (C=O) groups is 1. The van der Waals surface area contributed by atoms with Crippen LogP contribution >= 0.6 is 11.3 Å². The zero-order valence-corrected chi connectivity index (χ0v) is 21.3. The van der Waals surface area contributed by atoms with Gasteiger partial charge in [-0.3, -0.25) is 4.79 Å². The summed E-state index contributed by atoms with van der Waals surface area (Å²) in [4.78, 5) is 20.5. The Kier molecular flexibility index (Phi) is 6.63. The maximum Gasteiger partial charge on any atom is 0.309 e. The van der Waals surface area contributed by atoms with Gasteiger partial charge < -0.3 is 9.64 Å². The van der Waals surface area contributed by atoms with Gasteiger partial charge in [0.2, 0.25) is 5.92 Å². The topological polar surface area (TPSA) is 76.6 Å². The summed E-state index contributed by atoms with van der Waals surface area (Å²) in [7, 11) is -1.55. The monoisotopic (exact) mass is 524 g/mol. The first kappa shape index (κ1) is 24.6. The highest BCUT2D eigenvalue weighted by Gasteiger charge is 2.48. The summed E-state index contributed by atoms with van der Waals surface area (Å²) in [6.45, 7) is 0.937. The Morgan fingerprint density at radius 3 is 2.40 bits per heavy atom. The quantitative estimate of drug-likeness (QED) is 0.512. The van der Waals surface area contributed by atoms with Crippen LogP contribution in [-0.4, -0.2) is 57.0 Å². The van der Waals surface area contributed by atoms with Gasteiger partial charge in [-0.25, -0.2) is 22.2 Å². The molecule has 0 unspecified atom stereocenters. The van der Waals surface area contributed by atoms with E-state index < -0.39 is 15.8 Å². The summed E-state index contributed by atoms with van der Waals surface area (Å²) < 4.78 is 55.8. The van der Waals surface area contributed by atoms with Crippen LogP contribution < -0.4 is 4.90 Å². The fraction of sp³-hybridized carbons (Fsp3) is 0.600. The van der Waals surface area contributed by atoms with Gasteiger partial charge in [0, 0.05) is 43.5 Å². The van der Waals surface area contributed by atoms with Crippen molar-refractivity contribution in [2.75, 3.05) is 36.6 Å². The molecule has 0 spiro atoms. The standard InChI is InChI=1S/C25H30F2N2O4S2/c1-33-24(30)20-5-3-2-4-19(20)21-22(34-23(28-21)17-14-25(26,27)15-17)16-6-8-18(9-7-16)29-10-12-35(31,32)13-11-29/h6-9,17,19-20H,2-5,10-15H2,1H3/t19-,20-/m1/s1. The molecule has 0 bridgehead atoms. The first-order valence-corrected chi connectivity index (χ1v) is 14.8. The number of benzene rings is 1. The molecule has 2 aliphatic carbocycles. The third kappa shape index (κ3) is 5.09. The zero-order chi connectivity index (χ0) is 24.8. The second-order valence-corrected chi connectivity index (χ2v) is 13.3. The van der Waals surface area contributed by atoms with Gasteiger partial charge in [-0.2, -0.15) is 0 Å². The lowest BCUT2D eigenvalue weighted by Gasteiger charge is -2.33. The van der Waals surface area contributed by atoms with Crippen LogP contribution in [0.15, 0.2) is 24.3 Å². The zero-order valence-electron chi connectivity index (χ0n) is 19.7. The second-order valence-electron chi connectivity index (χ2n) is 9.93. The highest BCUT2D eigenvalue weighted by molar-refractivity contribution is 7.91. The lowest BCUT2D eigenvalue weighted by molar-refractivity contribution is -0.147.